The second-order valence-corrected chi connectivity index (χ2v) is 8.19. The molecule has 2 rings (SSSR count). The molecule has 1 atom stereocenters. The van der Waals surface area contributed by atoms with E-state index >= 15 is 0 Å². The molecule has 6 heteroatoms. The lowest BCUT2D eigenvalue weighted by molar-refractivity contribution is -0.149. The zero-order valence-electron chi connectivity index (χ0n) is 17.2. The molecule has 3 N–H and O–H groups in total. The summed E-state index contributed by atoms with van der Waals surface area (Å²) in [6.45, 7) is 6.35. The number of carboxylic acids is 1. The van der Waals surface area contributed by atoms with Crippen molar-refractivity contribution in [2.24, 2.45) is 5.41 Å². The van der Waals surface area contributed by atoms with Crippen LogP contribution in [0.1, 0.15) is 43.6 Å². The van der Waals surface area contributed by atoms with Gasteiger partial charge in [-0.05, 0) is 51.8 Å². The summed E-state index contributed by atoms with van der Waals surface area (Å²) in [7, 11) is 0. The Morgan fingerprint density at radius 1 is 0.897 bits per heavy atom. The van der Waals surface area contributed by atoms with Crippen molar-refractivity contribution in [3.05, 3.63) is 71.8 Å². The molecule has 0 spiro atoms. The van der Waals surface area contributed by atoms with Gasteiger partial charge >= 0.3 is 5.97 Å². The van der Waals surface area contributed by atoms with Gasteiger partial charge in [-0.2, -0.15) is 0 Å². The highest BCUT2D eigenvalue weighted by Crippen LogP contribution is 2.25. The van der Waals surface area contributed by atoms with E-state index in [9.17, 15) is 19.5 Å². The molecule has 0 heterocycles. The maximum absolute atomic E-state index is 13.0. The smallest absolute Gasteiger partial charge is 0.311 e. The third-order valence-corrected chi connectivity index (χ3v) is 5.04. The van der Waals surface area contributed by atoms with Gasteiger partial charge in [0.05, 0.1) is 5.41 Å². The fourth-order valence-corrected chi connectivity index (χ4v) is 2.83. The van der Waals surface area contributed by atoms with Crippen molar-refractivity contribution < 1.29 is 19.5 Å². The van der Waals surface area contributed by atoms with Gasteiger partial charge in [0.15, 0.2) is 0 Å². The summed E-state index contributed by atoms with van der Waals surface area (Å²) in [5.41, 5.74) is -1.07. The van der Waals surface area contributed by atoms with Crippen molar-refractivity contribution in [3.63, 3.8) is 0 Å². The van der Waals surface area contributed by atoms with Gasteiger partial charge < -0.3 is 15.7 Å². The number of hydrogen-bond acceptors (Lipinski definition) is 3. The number of rotatable bonds is 8. The quantitative estimate of drug-likeness (QED) is 0.639. The summed E-state index contributed by atoms with van der Waals surface area (Å²) < 4.78 is 0. The maximum Gasteiger partial charge on any atom is 0.311 e. The Balaban J connectivity index is 2.18. The second kappa shape index (κ2) is 8.90. The summed E-state index contributed by atoms with van der Waals surface area (Å²) in [4.78, 5) is 37.3. The molecular formula is C23H28N2O4. The third-order valence-electron chi connectivity index (χ3n) is 5.04. The summed E-state index contributed by atoms with van der Waals surface area (Å²) in [6.07, 6.45) is 0.356. The highest BCUT2D eigenvalue weighted by atomic mass is 16.4. The van der Waals surface area contributed by atoms with Crippen LogP contribution in [-0.4, -0.2) is 34.5 Å². The molecule has 0 unspecified atom stereocenters. The molecule has 0 fully saturated rings. The predicted molar refractivity (Wildman–Crippen MR) is 111 cm³/mol. The average Bonchev–Trinajstić information content (AvgIpc) is 2.68. The standard InChI is InChI=1S/C23H28N2O4/c1-22(2,21(28)29)18(15-16-11-7-5-8-12-16)24-20(27)23(3,4)25-19(26)17-13-9-6-10-14-17/h5-14,18H,15H2,1-4H3,(H,24,27)(H,25,26)(H,28,29)/t18-/m0/s1. The van der Waals surface area contributed by atoms with Crippen molar-refractivity contribution in [2.75, 3.05) is 0 Å². The number of amides is 2. The van der Waals surface area contributed by atoms with Crippen LogP contribution in [0.15, 0.2) is 60.7 Å². The largest absolute Gasteiger partial charge is 0.481 e. The van der Waals surface area contributed by atoms with Crippen LogP contribution in [0, 0.1) is 5.41 Å². The number of benzene rings is 2. The van der Waals surface area contributed by atoms with Gasteiger partial charge in [-0.3, -0.25) is 14.4 Å². The zero-order valence-corrected chi connectivity index (χ0v) is 17.2. The molecule has 0 saturated carbocycles. The van der Waals surface area contributed by atoms with Crippen molar-refractivity contribution in [1.29, 1.82) is 0 Å². The van der Waals surface area contributed by atoms with E-state index in [1.54, 1.807) is 58.0 Å². The van der Waals surface area contributed by atoms with Crippen LogP contribution in [0.5, 0.6) is 0 Å². The minimum atomic E-state index is -1.23. The lowest BCUT2D eigenvalue weighted by Gasteiger charge is -2.35. The second-order valence-electron chi connectivity index (χ2n) is 8.19. The third kappa shape index (κ3) is 5.67. The van der Waals surface area contributed by atoms with Crippen molar-refractivity contribution in [2.45, 2.75) is 45.7 Å². The van der Waals surface area contributed by atoms with Crippen LogP contribution < -0.4 is 10.6 Å². The predicted octanol–water partition coefficient (Wildman–Crippen LogP) is 3.03. The van der Waals surface area contributed by atoms with Gasteiger partial charge in [0, 0.05) is 11.6 Å². The zero-order chi connectivity index (χ0) is 21.7. The minimum Gasteiger partial charge on any atom is -0.481 e. The first-order chi connectivity index (χ1) is 13.5. The molecule has 6 nitrogen and oxygen atoms in total. The molecule has 0 saturated heterocycles. The van der Waals surface area contributed by atoms with E-state index in [-0.39, 0.29) is 5.91 Å². The highest BCUT2D eigenvalue weighted by molar-refractivity contribution is 5.99. The van der Waals surface area contributed by atoms with Gasteiger partial charge in [0.1, 0.15) is 5.54 Å². The average molecular weight is 396 g/mol. The van der Waals surface area contributed by atoms with Gasteiger partial charge in [-0.1, -0.05) is 48.5 Å². The van der Waals surface area contributed by atoms with Crippen LogP contribution >= 0.6 is 0 Å². The maximum atomic E-state index is 13.0. The molecule has 0 aliphatic heterocycles. The van der Waals surface area contributed by atoms with E-state index in [0.717, 1.165) is 5.56 Å². The fourth-order valence-electron chi connectivity index (χ4n) is 2.83. The number of aliphatic carboxylic acids is 1. The molecule has 0 aliphatic rings. The number of carbonyl (C=O) groups is 3. The molecule has 0 aromatic heterocycles. The van der Waals surface area contributed by atoms with Gasteiger partial charge in [0.25, 0.3) is 5.91 Å². The first-order valence-corrected chi connectivity index (χ1v) is 9.50. The van der Waals surface area contributed by atoms with Crippen LogP contribution in [-0.2, 0) is 16.0 Å². The summed E-state index contributed by atoms with van der Waals surface area (Å²) >= 11 is 0. The van der Waals surface area contributed by atoms with E-state index in [2.05, 4.69) is 10.6 Å². The SMILES string of the molecule is CC(C)(NC(=O)c1ccccc1)C(=O)N[C@@H](Cc1ccccc1)C(C)(C)C(=O)O. The van der Waals surface area contributed by atoms with E-state index in [1.165, 1.54) is 0 Å². The Morgan fingerprint density at radius 3 is 1.93 bits per heavy atom. The number of hydrogen-bond donors (Lipinski definition) is 3. The number of nitrogens with one attached hydrogen (secondary N) is 2. The summed E-state index contributed by atoms with van der Waals surface area (Å²) in [5.74, 6) is -1.83. The molecule has 29 heavy (non-hydrogen) atoms. The molecule has 2 aromatic carbocycles. The van der Waals surface area contributed by atoms with Crippen molar-refractivity contribution in [3.8, 4) is 0 Å². The Hall–Kier alpha value is -3.15. The molecular weight excluding hydrogens is 368 g/mol. The summed E-state index contributed by atoms with van der Waals surface area (Å²) in [6, 6.07) is 17.3. The monoisotopic (exact) mass is 396 g/mol. The van der Waals surface area contributed by atoms with E-state index in [0.29, 0.717) is 12.0 Å². The van der Waals surface area contributed by atoms with Gasteiger partial charge in [-0.25, -0.2) is 0 Å². The van der Waals surface area contributed by atoms with Crippen LogP contribution in [0.25, 0.3) is 0 Å². The van der Waals surface area contributed by atoms with Crippen LogP contribution in [0.4, 0.5) is 0 Å². The Morgan fingerprint density at radius 2 is 1.41 bits per heavy atom. The first-order valence-electron chi connectivity index (χ1n) is 9.50. The van der Waals surface area contributed by atoms with Crippen molar-refractivity contribution >= 4 is 17.8 Å². The lowest BCUT2D eigenvalue weighted by Crippen LogP contribution is -2.60. The van der Waals surface area contributed by atoms with E-state index < -0.39 is 28.9 Å². The number of carbonyl (C=O) groups excluding carboxylic acids is 2. The van der Waals surface area contributed by atoms with Crippen LogP contribution in [0.2, 0.25) is 0 Å². The van der Waals surface area contributed by atoms with Crippen molar-refractivity contribution in [1.82, 2.24) is 10.6 Å². The normalized spacial score (nSPS) is 12.7. The molecule has 0 aliphatic carbocycles. The fraction of sp³-hybridized carbons (Fsp3) is 0.348. The highest BCUT2D eigenvalue weighted by Gasteiger charge is 2.40. The summed E-state index contributed by atoms with van der Waals surface area (Å²) in [5, 5.41) is 15.3. The van der Waals surface area contributed by atoms with Crippen LogP contribution in [0.3, 0.4) is 0 Å². The molecule has 2 amide bonds. The topological polar surface area (TPSA) is 95.5 Å². The first kappa shape index (κ1) is 22.1. The molecule has 154 valence electrons. The Kier molecular flexibility index (Phi) is 6.80. The van der Waals surface area contributed by atoms with Gasteiger partial charge in [-0.15, -0.1) is 0 Å². The molecule has 2 aromatic rings. The number of carboxylic acid groups (broad SMARTS) is 1. The van der Waals surface area contributed by atoms with E-state index in [1.807, 2.05) is 30.3 Å². The Labute approximate surface area is 171 Å². The molecule has 0 bridgehead atoms. The van der Waals surface area contributed by atoms with Gasteiger partial charge in [0.2, 0.25) is 5.91 Å². The molecule has 0 radical (unpaired) electrons. The lowest BCUT2D eigenvalue weighted by atomic mass is 9.80. The van der Waals surface area contributed by atoms with E-state index in [4.69, 9.17) is 0 Å². The minimum absolute atomic E-state index is 0.356. The Bertz CT molecular complexity index is 861.